The summed E-state index contributed by atoms with van der Waals surface area (Å²) in [6.45, 7) is 0. The summed E-state index contributed by atoms with van der Waals surface area (Å²) in [6.07, 6.45) is -0.532. The molecule has 0 aromatic rings. The van der Waals surface area contributed by atoms with E-state index in [2.05, 4.69) is 0 Å². The standard InChI is InChI=1S/C4H7NO4.Cu/c5-2(4(8)9)1-3(6)7;/h2H,1,5H2,(H,6,7)(H,8,9);/t2-;/m0./s1. The monoisotopic (exact) mass is 196 g/mol. The van der Waals surface area contributed by atoms with Gasteiger partial charge in [0.1, 0.15) is 6.04 Å². The fraction of sp³-hybridized carbons (Fsp3) is 0.500. The minimum absolute atomic E-state index is 0. The first kappa shape index (κ1) is 12.1. The molecule has 0 rings (SSSR count). The summed E-state index contributed by atoms with van der Waals surface area (Å²) in [5.41, 5.74) is 4.84. The van der Waals surface area contributed by atoms with E-state index in [0.717, 1.165) is 0 Å². The van der Waals surface area contributed by atoms with E-state index in [1.54, 1.807) is 0 Å². The number of rotatable bonds is 3. The topological polar surface area (TPSA) is 101 Å². The molecule has 0 aliphatic rings. The van der Waals surface area contributed by atoms with Gasteiger partial charge in [0.25, 0.3) is 0 Å². The maximum atomic E-state index is 9.85. The van der Waals surface area contributed by atoms with Gasteiger partial charge in [-0.2, -0.15) is 0 Å². The third-order valence-electron chi connectivity index (χ3n) is 0.712. The van der Waals surface area contributed by atoms with Gasteiger partial charge in [-0.1, -0.05) is 0 Å². The molecule has 63 valence electrons. The van der Waals surface area contributed by atoms with Gasteiger partial charge in [0, 0.05) is 17.1 Å². The van der Waals surface area contributed by atoms with Gasteiger partial charge in [0.2, 0.25) is 0 Å². The van der Waals surface area contributed by atoms with E-state index in [9.17, 15) is 9.59 Å². The van der Waals surface area contributed by atoms with Crippen LogP contribution in [-0.2, 0) is 26.7 Å². The van der Waals surface area contributed by atoms with Crippen molar-refractivity contribution in [2.45, 2.75) is 12.5 Å². The summed E-state index contributed by atoms with van der Waals surface area (Å²) in [5, 5.41) is 16.0. The first-order chi connectivity index (χ1) is 4.04. The molecule has 0 fully saturated rings. The van der Waals surface area contributed by atoms with Crippen LogP contribution in [0.1, 0.15) is 6.42 Å². The summed E-state index contributed by atoms with van der Waals surface area (Å²) < 4.78 is 0. The van der Waals surface area contributed by atoms with Gasteiger partial charge in [-0.3, -0.25) is 9.59 Å². The molecular formula is C4H7CuNO4. The SMILES string of the molecule is N[C@@H](CC(=O)O)C(=O)O.[Cu]. The Bertz CT molecular complexity index is 137. The second-order valence-electron chi connectivity index (χ2n) is 1.54. The Morgan fingerprint density at radius 2 is 1.80 bits per heavy atom. The van der Waals surface area contributed by atoms with Crippen molar-refractivity contribution in [1.82, 2.24) is 0 Å². The number of carboxylic acid groups (broad SMARTS) is 2. The third kappa shape index (κ3) is 5.55. The quantitative estimate of drug-likeness (QED) is 0.496. The van der Waals surface area contributed by atoms with Crippen LogP contribution in [0.25, 0.3) is 0 Å². The van der Waals surface area contributed by atoms with E-state index < -0.39 is 24.4 Å². The molecule has 0 bridgehead atoms. The number of carboxylic acids is 2. The fourth-order valence-corrected chi connectivity index (χ4v) is 0.275. The minimum Gasteiger partial charge on any atom is -0.481 e. The van der Waals surface area contributed by atoms with Crippen LogP contribution in [0.2, 0.25) is 0 Å². The Morgan fingerprint density at radius 3 is 1.90 bits per heavy atom. The van der Waals surface area contributed by atoms with Gasteiger partial charge >= 0.3 is 11.9 Å². The Kier molecular flexibility index (Phi) is 6.34. The van der Waals surface area contributed by atoms with Crippen molar-refractivity contribution in [3.05, 3.63) is 0 Å². The summed E-state index contributed by atoms with van der Waals surface area (Å²) in [6, 6.07) is -1.29. The molecule has 1 radical (unpaired) electrons. The van der Waals surface area contributed by atoms with Crippen molar-refractivity contribution in [2.24, 2.45) is 5.73 Å². The average Bonchev–Trinajstić information content (AvgIpc) is 1.63. The van der Waals surface area contributed by atoms with Crippen molar-refractivity contribution in [2.75, 3.05) is 0 Å². The maximum Gasteiger partial charge on any atom is 0.321 e. The van der Waals surface area contributed by atoms with Gasteiger partial charge in [0.15, 0.2) is 0 Å². The zero-order chi connectivity index (χ0) is 7.44. The van der Waals surface area contributed by atoms with Gasteiger partial charge in [0.05, 0.1) is 6.42 Å². The van der Waals surface area contributed by atoms with Crippen LogP contribution in [0.5, 0.6) is 0 Å². The molecule has 4 N–H and O–H groups in total. The second kappa shape index (κ2) is 5.22. The molecule has 0 amide bonds. The zero-order valence-corrected chi connectivity index (χ0v) is 5.82. The van der Waals surface area contributed by atoms with Gasteiger partial charge in [-0.15, -0.1) is 0 Å². The molecule has 6 heteroatoms. The maximum absolute atomic E-state index is 9.85. The average molecular weight is 197 g/mol. The molecule has 0 aromatic heterocycles. The van der Waals surface area contributed by atoms with Crippen molar-refractivity contribution in [3.63, 3.8) is 0 Å². The summed E-state index contributed by atoms with van der Waals surface area (Å²) in [4.78, 5) is 19.6. The number of carbonyl (C=O) groups is 2. The normalized spacial score (nSPS) is 11.3. The van der Waals surface area contributed by atoms with Crippen LogP contribution in [0.4, 0.5) is 0 Å². The molecule has 0 aliphatic carbocycles. The van der Waals surface area contributed by atoms with Crippen LogP contribution in [0.3, 0.4) is 0 Å². The minimum atomic E-state index is -1.29. The molecule has 0 unspecified atom stereocenters. The molecule has 5 nitrogen and oxygen atoms in total. The van der Waals surface area contributed by atoms with Crippen molar-refractivity contribution >= 4 is 11.9 Å². The smallest absolute Gasteiger partial charge is 0.321 e. The Balaban J connectivity index is 0. The molecule has 0 aliphatic heterocycles. The third-order valence-corrected chi connectivity index (χ3v) is 0.712. The zero-order valence-electron chi connectivity index (χ0n) is 4.87. The second-order valence-corrected chi connectivity index (χ2v) is 1.54. The molecule has 0 heterocycles. The summed E-state index contributed by atoms with van der Waals surface area (Å²) in [7, 11) is 0. The molecule has 10 heavy (non-hydrogen) atoms. The van der Waals surface area contributed by atoms with Crippen LogP contribution in [0.15, 0.2) is 0 Å². The van der Waals surface area contributed by atoms with E-state index in [-0.39, 0.29) is 17.1 Å². The van der Waals surface area contributed by atoms with Crippen LogP contribution < -0.4 is 5.73 Å². The number of nitrogens with two attached hydrogens (primary N) is 1. The van der Waals surface area contributed by atoms with Gasteiger partial charge in [-0.25, -0.2) is 0 Å². The van der Waals surface area contributed by atoms with E-state index in [0.29, 0.717) is 0 Å². The van der Waals surface area contributed by atoms with Gasteiger partial charge in [-0.05, 0) is 0 Å². The number of aliphatic carboxylic acids is 2. The predicted molar refractivity (Wildman–Crippen MR) is 27.9 cm³/mol. The Labute approximate surface area is 67.7 Å². The first-order valence-electron chi connectivity index (χ1n) is 2.24. The molecule has 0 spiro atoms. The fourth-order valence-electron chi connectivity index (χ4n) is 0.275. The van der Waals surface area contributed by atoms with Crippen molar-refractivity contribution in [1.29, 1.82) is 0 Å². The van der Waals surface area contributed by atoms with Crippen LogP contribution in [-0.4, -0.2) is 28.2 Å². The first-order valence-corrected chi connectivity index (χ1v) is 2.24. The van der Waals surface area contributed by atoms with E-state index in [4.69, 9.17) is 15.9 Å². The summed E-state index contributed by atoms with van der Waals surface area (Å²) >= 11 is 0. The van der Waals surface area contributed by atoms with Crippen molar-refractivity contribution < 1.29 is 36.9 Å². The largest absolute Gasteiger partial charge is 0.481 e. The van der Waals surface area contributed by atoms with E-state index in [1.165, 1.54) is 0 Å². The molecule has 0 saturated heterocycles. The van der Waals surface area contributed by atoms with Crippen LogP contribution in [0, 0.1) is 0 Å². The van der Waals surface area contributed by atoms with E-state index >= 15 is 0 Å². The molecular weight excluding hydrogens is 190 g/mol. The number of hydrogen-bond acceptors (Lipinski definition) is 3. The Morgan fingerprint density at radius 1 is 1.40 bits per heavy atom. The summed E-state index contributed by atoms with van der Waals surface area (Å²) in [5.74, 6) is -2.50. The van der Waals surface area contributed by atoms with Crippen molar-refractivity contribution in [3.8, 4) is 0 Å². The van der Waals surface area contributed by atoms with Crippen LogP contribution >= 0.6 is 0 Å². The van der Waals surface area contributed by atoms with Gasteiger partial charge < -0.3 is 15.9 Å². The predicted octanol–water partition coefficient (Wildman–Crippen LogP) is -1.13. The molecule has 1 atom stereocenters. The molecule has 0 aromatic carbocycles. The number of hydrogen-bond donors (Lipinski definition) is 3. The molecule has 0 saturated carbocycles. The van der Waals surface area contributed by atoms with E-state index in [1.807, 2.05) is 0 Å². The Hall–Kier alpha value is -0.581.